The predicted octanol–water partition coefficient (Wildman–Crippen LogP) is 4.72. The highest BCUT2D eigenvalue weighted by Crippen LogP contribution is 2.37. The third-order valence-corrected chi connectivity index (χ3v) is 6.25. The monoisotopic (exact) mass is 314 g/mol. The Morgan fingerprint density at radius 1 is 1.30 bits per heavy atom. The van der Waals surface area contributed by atoms with Crippen molar-refractivity contribution in [3.63, 3.8) is 0 Å². The van der Waals surface area contributed by atoms with Gasteiger partial charge in [0, 0.05) is 11.8 Å². The van der Waals surface area contributed by atoms with Crippen LogP contribution in [0.5, 0.6) is 0 Å². The van der Waals surface area contributed by atoms with E-state index in [2.05, 4.69) is 29.1 Å². The maximum absolute atomic E-state index is 5.79. The summed E-state index contributed by atoms with van der Waals surface area (Å²) in [5, 5.41) is 3.33. The van der Waals surface area contributed by atoms with Crippen LogP contribution in [0.1, 0.15) is 56.7 Å². The van der Waals surface area contributed by atoms with Crippen molar-refractivity contribution in [2.75, 3.05) is 19.6 Å². The van der Waals surface area contributed by atoms with E-state index in [1.165, 1.54) is 56.7 Å². The van der Waals surface area contributed by atoms with Gasteiger partial charge in [-0.1, -0.05) is 26.7 Å². The van der Waals surface area contributed by atoms with E-state index in [1.807, 2.05) is 0 Å². The van der Waals surface area contributed by atoms with E-state index in [0.29, 0.717) is 11.3 Å². The SMILES string of the molecule is CCC1(CC)CCN(CCCc2nc(CCl)cs2)CC1. The molecule has 0 amide bonds. The minimum atomic E-state index is 0.540. The van der Waals surface area contributed by atoms with Crippen molar-refractivity contribution in [1.82, 2.24) is 9.88 Å². The molecule has 4 heteroatoms. The first-order chi connectivity index (χ1) is 9.71. The average molecular weight is 315 g/mol. The zero-order chi connectivity index (χ0) is 14.4. The summed E-state index contributed by atoms with van der Waals surface area (Å²) in [6, 6.07) is 0. The largest absolute Gasteiger partial charge is 0.303 e. The van der Waals surface area contributed by atoms with Crippen LogP contribution in [0, 0.1) is 5.41 Å². The van der Waals surface area contributed by atoms with Crippen LogP contribution in [0.4, 0.5) is 0 Å². The number of nitrogens with zero attached hydrogens (tertiary/aromatic N) is 2. The standard InChI is InChI=1S/C16H27ClN2S/c1-3-16(4-2)7-10-19(11-8-16)9-5-6-15-18-14(12-17)13-20-15/h13H,3-12H2,1-2H3. The van der Waals surface area contributed by atoms with Gasteiger partial charge in [-0.3, -0.25) is 0 Å². The molecule has 1 aliphatic rings. The number of piperidine rings is 1. The fraction of sp³-hybridized carbons (Fsp3) is 0.812. The molecule has 114 valence electrons. The number of likely N-dealkylation sites (tertiary alicyclic amines) is 1. The minimum Gasteiger partial charge on any atom is -0.303 e. The first-order valence-corrected chi connectivity index (χ1v) is 9.34. The zero-order valence-electron chi connectivity index (χ0n) is 12.8. The van der Waals surface area contributed by atoms with E-state index in [4.69, 9.17) is 11.6 Å². The van der Waals surface area contributed by atoms with Crippen molar-refractivity contribution in [3.05, 3.63) is 16.1 Å². The molecule has 20 heavy (non-hydrogen) atoms. The second-order valence-corrected chi connectivity index (χ2v) is 7.23. The van der Waals surface area contributed by atoms with Crippen molar-refractivity contribution in [1.29, 1.82) is 0 Å². The molecule has 0 saturated carbocycles. The average Bonchev–Trinajstić information content (AvgIpc) is 2.96. The molecule has 0 spiro atoms. The van der Waals surface area contributed by atoms with Gasteiger partial charge in [-0.25, -0.2) is 4.98 Å². The van der Waals surface area contributed by atoms with Gasteiger partial charge in [0.05, 0.1) is 16.6 Å². The lowest BCUT2D eigenvalue weighted by molar-refractivity contribution is 0.0948. The lowest BCUT2D eigenvalue weighted by Crippen LogP contribution is -2.40. The van der Waals surface area contributed by atoms with Crippen molar-refractivity contribution in [2.45, 2.75) is 58.3 Å². The van der Waals surface area contributed by atoms with Gasteiger partial charge in [-0.15, -0.1) is 22.9 Å². The molecule has 1 aliphatic heterocycles. The van der Waals surface area contributed by atoms with Crippen LogP contribution >= 0.6 is 22.9 Å². The number of halogens is 1. The predicted molar refractivity (Wildman–Crippen MR) is 88.7 cm³/mol. The van der Waals surface area contributed by atoms with Crippen molar-refractivity contribution < 1.29 is 0 Å². The van der Waals surface area contributed by atoms with Crippen LogP contribution < -0.4 is 0 Å². The molecule has 0 radical (unpaired) electrons. The number of hydrogen-bond acceptors (Lipinski definition) is 3. The maximum Gasteiger partial charge on any atom is 0.0929 e. The van der Waals surface area contributed by atoms with Crippen LogP contribution in [0.3, 0.4) is 0 Å². The Balaban J connectivity index is 1.68. The van der Waals surface area contributed by atoms with E-state index in [-0.39, 0.29) is 0 Å². The molecule has 0 bridgehead atoms. The lowest BCUT2D eigenvalue weighted by atomic mass is 9.74. The minimum absolute atomic E-state index is 0.540. The molecule has 1 saturated heterocycles. The fourth-order valence-electron chi connectivity index (χ4n) is 3.19. The van der Waals surface area contributed by atoms with E-state index < -0.39 is 0 Å². The Hall–Kier alpha value is -0.120. The molecule has 0 N–H and O–H groups in total. The summed E-state index contributed by atoms with van der Waals surface area (Å²) in [4.78, 5) is 7.17. The summed E-state index contributed by atoms with van der Waals surface area (Å²) in [5.74, 6) is 0.540. The molecule has 2 nitrogen and oxygen atoms in total. The zero-order valence-corrected chi connectivity index (χ0v) is 14.4. The van der Waals surface area contributed by atoms with E-state index in [0.717, 1.165) is 12.1 Å². The molecule has 0 atom stereocenters. The summed E-state index contributed by atoms with van der Waals surface area (Å²) in [5.41, 5.74) is 1.67. The summed E-state index contributed by atoms with van der Waals surface area (Å²) in [6.07, 6.45) is 7.78. The summed E-state index contributed by atoms with van der Waals surface area (Å²) < 4.78 is 0. The first-order valence-electron chi connectivity index (χ1n) is 7.93. The van der Waals surface area contributed by atoms with Crippen molar-refractivity contribution in [3.8, 4) is 0 Å². The number of thiazole rings is 1. The van der Waals surface area contributed by atoms with Crippen LogP contribution in [0.2, 0.25) is 0 Å². The summed E-state index contributed by atoms with van der Waals surface area (Å²) in [7, 11) is 0. The van der Waals surface area contributed by atoms with E-state index in [9.17, 15) is 0 Å². The Morgan fingerprint density at radius 2 is 2.00 bits per heavy atom. The Bertz CT molecular complexity index is 391. The number of hydrogen-bond donors (Lipinski definition) is 0. The highest BCUT2D eigenvalue weighted by atomic mass is 35.5. The van der Waals surface area contributed by atoms with Gasteiger partial charge >= 0.3 is 0 Å². The summed E-state index contributed by atoms with van der Waals surface area (Å²) in [6.45, 7) is 8.50. The Labute approximate surface area is 132 Å². The molecule has 2 rings (SSSR count). The van der Waals surface area contributed by atoms with Gasteiger partial charge in [0.15, 0.2) is 0 Å². The molecule has 1 aromatic heterocycles. The number of aryl methyl sites for hydroxylation is 1. The van der Waals surface area contributed by atoms with Gasteiger partial charge in [0.25, 0.3) is 0 Å². The quantitative estimate of drug-likeness (QED) is 0.677. The highest BCUT2D eigenvalue weighted by Gasteiger charge is 2.30. The molecular formula is C16H27ClN2S. The Morgan fingerprint density at radius 3 is 2.55 bits per heavy atom. The normalized spacial score (nSPS) is 19.4. The van der Waals surface area contributed by atoms with Gasteiger partial charge in [-0.05, 0) is 44.3 Å². The molecule has 1 fully saturated rings. The topological polar surface area (TPSA) is 16.1 Å². The van der Waals surface area contributed by atoms with Crippen LogP contribution in [0.25, 0.3) is 0 Å². The second-order valence-electron chi connectivity index (χ2n) is 6.02. The third-order valence-electron chi connectivity index (χ3n) is 5.02. The van der Waals surface area contributed by atoms with E-state index in [1.54, 1.807) is 11.3 Å². The fourth-order valence-corrected chi connectivity index (χ4v) is 4.26. The molecule has 0 aromatic carbocycles. The third kappa shape index (κ3) is 4.19. The van der Waals surface area contributed by atoms with Crippen molar-refractivity contribution >= 4 is 22.9 Å². The first kappa shape index (κ1) is 16.3. The molecule has 1 aromatic rings. The Kier molecular flexibility index (Phi) is 6.31. The van der Waals surface area contributed by atoms with Crippen molar-refractivity contribution in [2.24, 2.45) is 5.41 Å². The van der Waals surface area contributed by atoms with Gasteiger partial charge in [0.2, 0.25) is 0 Å². The molecule has 0 aliphatic carbocycles. The van der Waals surface area contributed by atoms with Gasteiger partial charge < -0.3 is 4.90 Å². The molecule has 2 heterocycles. The van der Waals surface area contributed by atoms with E-state index >= 15 is 0 Å². The van der Waals surface area contributed by atoms with Gasteiger partial charge in [-0.2, -0.15) is 0 Å². The highest BCUT2D eigenvalue weighted by molar-refractivity contribution is 7.09. The second kappa shape index (κ2) is 7.77. The van der Waals surface area contributed by atoms with Crippen LogP contribution in [0.15, 0.2) is 5.38 Å². The molecular weight excluding hydrogens is 288 g/mol. The molecule has 0 unspecified atom stereocenters. The lowest BCUT2D eigenvalue weighted by Gasteiger charge is -2.41. The number of alkyl halides is 1. The number of aromatic nitrogens is 1. The van der Waals surface area contributed by atoms with Crippen LogP contribution in [-0.2, 0) is 12.3 Å². The maximum atomic E-state index is 5.79. The van der Waals surface area contributed by atoms with Crippen LogP contribution in [-0.4, -0.2) is 29.5 Å². The van der Waals surface area contributed by atoms with Gasteiger partial charge in [0.1, 0.15) is 0 Å². The smallest absolute Gasteiger partial charge is 0.0929 e. The summed E-state index contributed by atoms with van der Waals surface area (Å²) >= 11 is 7.54. The number of rotatable bonds is 7.